The molecular formula is C13H14BrNO3S2. The zero-order valence-electron chi connectivity index (χ0n) is 11.0. The van der Waals surface area contributed by atoms with Gasteiger partial charge in [0.05, 0.1) is 7.11 Å². The molecule has 20 heavy (non-hydrogen) atoms. The van der Waals surface area contributed by atoms with E-state index in [1.807, 2.05) is 24.3 Å². The van der Waals surface area contributed by atoms with Crippen LogP contribution in [-0.4, -0.2) is 15.5 Å². The van der Waals surface area contributed by atoms with Crippen molar-refractivity contribution >= 4 is 37.3 Å². The fraction of sp³-hybridized carbons (Fsp3) is 0.231. The van der Waals surface area contributed by atoms with Crippen molar-refractivity contribution in [2.45, 2.75) is 17.2 Å². The van der Waals surface area contributed by atoms with Crippen LogP contribution in [0.4, 0.5) is 0 Å². The van der Waals surface area contributed by atoms with E-state index in [1.54, 1.807) is 25.5 Å². The lowest BCUT2D eigenvalue weighted by Gasteiger charge is -2.15. The maximum Gasteiger partial charge on any atom is 0.251 e. The van der Waals surface area contributed by atoms with Gasteiger partial charge in [0.15, 0.2) is 0 Å². The van der Waals surface area contributed by atoms with E-state index < -0.39 is 10.0 Å². The summed E-state index contributed by atoms with van der Waals surface area (Å²) in [6.45, 7) is 1.80. The predicted molar refractivity (Wildman–Crippen MR) is 83.7 cm³/mol. The molecule has 1 aromatic carbocycles. The normalized spacial score (nSPS) is 13.2. The number of nitrogens with one attached hydrogen (secondary N) is 1. The van der Waals surface area contributed by atoms with Gasteiger partial charge in [0.2, 0.25) is 0 Å². The molecule has 4 nitrogen and oxygen atoms in total. The number of rotatable bonds is 5. The van der Waals surface area contributed by atoms with Crippen LogP contribution in [0.1, 0.15) is 18.5 Å². The molecule has 1 atom stereocenters. The van der Waals surface area contributed by atoms with Gasteiger partial charge in [0, 0.05) is 10.5 Å². The second-order valence-electron chi connectivity index (χ2n) is 4.18. The molecule has 1 unspecified atom stereocenters. The Balaban J connectivity index is 2.23. The van der Waals surface area contributed by atoms with Crippen molar-refractivity contribution in [3.63, 3.8) is 0 Å². The van der Waals surface area contributed by atoms with E-state index in [0.717, 1.165) is 5.56 Å². The molecule has 0 aliphatic carbocycles. The molecule has 2 aromatic rings. The number of sulfonamides is 1. The quantitative estimate of drug-likeness (QED) is 0.868. The standard InChI is InChI=1S/C13H14BrNO3S2/c1-9(10-4-3-5-11(8-10)18-2)15-20(16,17)13-12(14)6-7-19-13/h3-9,15H,1-2H3. The van der Waals surface area contributed by atoms with E-state index in [2.05, 4.69) is 20.7 Å². The highest BCUT2D eigenvalue weighted by molar-refractivity contribution is 9.10. The molecule has 1 aromatic heterocycles. The molecule has 0 radical (unpaired) electrons. The van der Waals surface area contributed by atoms with E-state index >= 15 is 0 Å². The Kier molecular flexibility index (Phi) is 4.85. The van der Waals surface area contributed by atoms with Crippen molar-refractivity contribution in [1.82, 2.24) is 4.72 Å². The Morgan fingerprint density at radius 3 is 2.70 bits per heavy atom. The monoisotopic (exact) mass is 375 g/mol. The fourth-order valence-corrected chi connectivity index (χ4v) is 5.32. The third-order valence-electron chi connectivity index (χ3n) is 2.75. The van der Waals surface area contributed by atoms with Crippen molar-refractivity contribution in [2.75, 3.05) is 7.11 Å². The van der Waals surface area contributed by atoms with Gasteiger partial charge >= 0.3 is 0 Å². The van der Waals surface area contributed by atoms with Gasteiger partial charge in [-0.2, -0.15) is 0 Å². The number of methoxy groups -OCH3 is 1. The Labute approximate surface area is 131 Å². The number of benzene rings is 1. The van der Waals surface area contributed by atoms with Crippen molar-refractivity contribution in [3.8, 4) is 5.75 Å². The molecule has 0 saturated carbocycles. The molecule has 7 heteroatoms. The van der Waals surface area contributed by atoms with Gasteiger partial charge in [-0.15, -0.1) is 11.3 Å². The molecule has 0 bridgehead atoms. The summed E-state index contributed by atoms with van der Waals surface area (Å²) >= 11 is 4.42. The van der Waals surface area contributed by atoms with Gasteiger partial charge in [-0.05, 0) is 52.0 Å². The van der Waals surface area contributed by atoms with E-state index in [1.165, 1.54) is 11.3 Å². The first-order valence-corrected chi connectivity index (χ1v) is 8.99. The summed E-state index contributed by atoms with van der Waals surface area (Å²) < 4.78 is 33.2. The lowest BCUT2D eigenvalue weighted by atomic mass is 10.1. The van der Waals surface area contributed by atoms with Gasteiger partial charge in [0.25, 0.3) is 10.0 Å². The summed E-state index contributed by atoms with van der Waals surface area (Å²) in [6.07, 6.45) is 0. The van der Waals surface area contributed by atoms with Gasteiger partial charge in [-0.25, -0.2) is 13.1 Å². The Bertz CT molecular complexity index is 697. The summed E-state index contributed by atoms with van der Waals surface area (Å²) in [7, 11) is -1.95. The summed E-state index contributed by atoms with van der Waals surface area (Å²) in [6, 6.07) is 8.70. The van der Waals surface area contributed by atoms with Crippen LogP contribution in [0.5, 0.6) is 5.75 Å². The number of thiophene rings is 1. The molecule has 0 spiro atoms. The number of halogens is 1. The minimum Gasteiger partial charge on any atom is -0.497 e. The summed E-state index contributed by atoms with van der Waals surface area (Å²) in [5, 5.41) is 1.73. The summed E-state index contributed by atoms with van der Waals surface area (Å²) in [5.41, 5.74) is 0.848. The zero-order valence-corrected chi connectivity index (χ0v) is 14.2. The van der Waals surface area contributed by atoms with Crippen LogP contribution in [0.15, 0.2) is 44.4 Å². The van der Waals surface area contributed by atoms with Crippen molar-refractivity contribution < 1.29 is 13.2 Å². The molecule has 0 fully saturated rings. The molecule has 1 heterocycles. The molecule has 0 aliphatic rings. The highest BCUT2D eigenvalue weighted by atomic mass is 79.9. The van der Waals surface area contributed by atoms with E-state index in [0.29, 0.717) is 10.2 Å². The summed E-state index contributed by atoms with van der Waals surface area (Å²) in [5.74, 6) is 0.700. The van der Waals surface area contributed by atoms with Crippen LogP contribution in [0.25, 0.3) is 0 Å². The van der Waals surface area contributed by atoms with Crippen LogP contribution in [0.2, 0.25) is 0 Å². The van der Waals surface area contributed by atoms with Crippen LogP contribution < -0.4 is 9.46 Å². The Morgan fingerprint density at radius 1 is 1.35 bits per heavy atom. The average molecular weight is 376 g/mol. The van der Waals surface area contributed by atoms with Crippen LogP contribution in [-0.2, 0) is 10.0 Å². The first kappa shape index (κ1) is 15.5. The maximum absolute atomic E-state index is 12.3. The molecule has 0 amide bonds. The third kappa shape index (κ3) is 3.41. The number of ether oxygens (including phenoxy) is 1. The van der Waals surface area contributed by atoms with Crippen LogP contribution >= 0.6 is 27.3 Å². The Hall–Kier alpha value is -0.890. The van der Waals surface area contributed by atoms with Crippen LogP contribution in [0.3, 0.4) is 0 Å². The van der Waals surface area contributed by atoms with Crippen molar-refractivity contribution in [3.05, 3.63) is 45.7 Å². The molecule has 1 N–H and O–H groups in total. The molecule has 0 aliphatic heterocycles. The van der Waals surface area contributed by atoms with Crippen molar-refractivity contribution in [1.29, 1.82) is 0 Å². The first-order chi connectivity index (χ1) is 9.44. The average Bonchev–Trinajstić information content (AvgIpc) is 2.85. The largest absolute Gasteiger partial charge is 0.497 e. The highest BCUT2D eigenvalue weighted by Gasteiger charge is 2.22. The van der Waals surface area contributed by atoms with Crippen LogP contribution in [0, 0.1) is 0 Å². The van der Waals surface area contributed by atoms with E-state index in [4.69, 9.17) is 4.74 Å². The minimum atomic E-state index is -3.53. The van der Waals surface area contributed by atoms with Gasteiger partial charge in [-0.3, -0.25) is 0 Å². The first-order valence-electron chi connectivity index (χ1n) is 5.83. The second-order valence-corrected chi connectivity index (χ2v) is 7.86. The topological polar surface area (TPSA) is 55.4 Å². The SMILES string of the molecule is COc1cccc(C(C)NS(=O)(=O)c2sccc2Br)c1. The molecule has 2 rings (SSSR count). The maximum atomic E-state index is 12.3. The summed E-state index contributed by atoms with van der Waals surface area (Å²) in [4.78, 5) is 0. The van der Waals surface area contributed by atoms with Gasteiger partial charge in [0.1, 0.15) is 9.96 Å². The number of hydrogen-bond donors (Lipinski definition) is 1. The van der Waals surface area contributed by atoms with E-state index in [9.17, 15) is 8.42 Å². The fourth-order valence-electron chi connectivity index (χ4n) is 1.74. The predicted octanol–water partition coefficient (Wildman–Crippen LogP) is 3.56. The highest BCUT2D eigenvalue weighted by Crippen LogP contribution is 2.29. The lowest BCUT2D eigenvalue weighted by Crippen LogP contribution is -2.26. The Morgan fingerprint density at radius 2 is 2.10 bits per heavy atom. The molecular weight excluding hydrogens is 362 g/mol. The zero-order chi connectivity index (χ0) is 14.8. The smallest absolute Gasteiger partial charge is 0.251 e. The molecule has 0 saturated heterocycles. The second kappa shape index (κ2) is 6.26. The molecule has 108 valence electrons. The van der Waals surface area contributed by atoms with Crippen molar-refractivity contribution in [2.24, 2.45) is 0 Å². The number of hydrogen-bond acceptors (Lipinski definition) is 4. The van der Waals surface area contributed by atoms with E-state index in [-0.39, 0.29) is 10.3 Å². The van der Waals surface area contributed by atoms with Gasteiger partial charge in [-0.1, -0.05) is 12.1 Å². The minimum absolute atomic E-state index is 0.284. The lowest BCUT2D eigenvalue weighted by molar-refractivity contribution is 0.413. The third-order valence-corrected chi connectivity index (χ3v) is 6.96. The van der Waals surface area contributed by atoms with Gasteiger partial charge < -0.3 is 4.74 Å².